The molecule has 0 saturated heterocycles. The third kappa shape index (κ3) is 2.93. The standard InChI is InChI=1S/C16H17N3O3/c1-3-22-16(21)12(9-17)14(11-7-5-4-6-8-11)13-10(2)18-19-15(13)20/h4-8,12,14H,3H2,1-2H3,(H2,18,19,20)/t12-,14-/m0/s1. The van der Waals surface area contributed by atoms with Gasteiger partial charge in [0.2, 0.25) is 0 Å². The van der Waals surface area contributed by atoms with Gasteiger partial charge in [0.25, 0.3) is 5.56 Å². The Kier molecular flexibility index (Phi) is 4.79. The van der Waals surface area contributed by atoms with E-state index >= 15 is 0 Å². The number of benzene rings is 1. The first-order valence-corrected chi connectivity index (χ1v) is 6.98. The van der Waals surface area contributed by atoms with Crippen molar-refractivity contribution >= 4 is 5.97 Å². The number of aryl methyl sites for hydroxylation is 1. The van der Waals surface area contributed by atoms with Crippen LogP contribution in [0.1, 0.15) is 29.7 Å². The molecule has 2 N–H and O–H groups in total. The van der Waals surface area contributed by atoms with Crippen LogP contribution < -0.4 is 5.56 Å². The summed E-state index contributed by atoms with van der Waals surface area (Å²) in [6.45, 7) is 3.59. The fourth-order valence-electron chi connectivity index (χ4n) is 2.51. The molecule has 6 nitrogen and oxygen atoms in total. The summed E-state index contributed by atoms with van der Waals surface area (Å²) in [6.07, 6.45) is 0. The van der Waals surface area contributed by atoms with Crippen LogP contribution in [-0.2, 0) is 9.53 Å². The highest BCUT2D eigenvalue weighted by molar-refractivity contribution is 5.77. The van der Waals surface area contributed by atoms with Gasteiger partial charge in [0.15, 0.2) is 5.92 Å². The van der Waals surface area contributed by atoms with Crippen LogP contribution in [0.5, 0.6) is 0 Å². The zero-order chi connectivity index (χ0) is 16.1. The Morgan fingerprint density at radius 1 is 1.32 bits per heavy atom. The van der Waals surface area contributed by atoms with E-state index in [4.69, 9.17) is 4.74 Å². The van der Waals surface area contributed by atoms with Gasteiger partial charge in [0.05, 0.1) is 12.7 Å². The Balaban J connectivity index is 2.59. The molecule has 1 aromatic carbocycles. The minimum Gasteiger partial charge on any atom is -0.465 e. The van der Waals surface area contributed by atoms with Gasteiger partial charge in [-0.15, -0.1) is 0 Å². The Bertz CT molecular complexity index is 740. The molecule has 2 aromatic rings. The third-order valence-electron chi connectivity index (χ3n) is 3.49. The number of nitriles is 1. The summed E-state index contributed by atoms with van der Waals surface area (Å²) in [4.78, 5) is 24.2. The summed E-state index contributed by atoms with van der Waals surface area (Å²) in [5.74, 6) is -2.39. The zero-order valence-electron chi connectivity index (χ0n) is 12.4. The molecule has 6 heteroatoms. The molecule has 1 heterocycles. The van der Waals surface area contributed by atoms with E-state index in [0.29, 0.717) is 11.3 Å². The van der Waals surface area contributed by atoms with Crippen molar-refractivity contribution in [3.63, 3.8) is 0 Å². The van der Waals surface area contributed by atoms with Crippen molar-refractivity contribution in [3.05, 3.63) is 57.5 Å². The Morgan fingerprint density at radius 2 is 2.00 bits per heavy atom. The highest BCUT2D eigenvalue weighted by Gasteiger charge is 2.35. The average Bonchev–Trinajstić information content (AvgIpc) is 2.85. The molecular formula is C16H17N3O3. The number of nitrogens with one attached hydrogen (secondary N) is 2. The number of nitrogens with zero attached hydrogens (tertiary/aromatic N) is 1. The highest BCUT2D eigenvalue weighted by atomic mass is 16.5. The maximum Gasteiger partial charge on any atom is 0.324 e. The largest absolute Gasteiger partial charge is 0.465 e. The van der Waals surface area contributed by atoms with Gasteiger partial charge in [-0.1, -0.05) is 30.3 Å². The Labute approximate surface area is 127 Å². The van der Waals surface area contributed by atoms with E-state index in [9.17, 15) is 14.9 Å². The fourth-order valence-corrected chi connectivity index (χ4v) is 2.51. The summed E-state index contributed by atoms with van der Waals surface area (Å²) in [5, 5.41) is 14.7. The molecule has 0 aliphatic heterocycles. The van der Waals surface area contributed by atoms with Gasteiger partial charge in [0, 0.05) is 17.2 Å². The van der Waals surface area contributed by atoms with E-state index in [-0.39, 0.29) is 12.2 Å². The average molecular weight is 299 g/mol. The van der Waals surface area contributed by atoms with E-state index in [1.54, 1.807) is 38.1 Å². The van der Waals surface area contributed by atoms with Crippen molar-refractivity contribution in [3.8, 4) is 6.07 Å². The lowest BCUT2D eigenvalue weighted by Gasteiger charge is -2.20. The highest BCUT2D eigenvalue weighted by Crippen LogP contribution is 2.32. The van der Waals surface area contributed by atoms with Crippen LogP contribution >= 0.6 is 0 Å². The monoisotopic (exact) mass is 299 g/mol. The SMILES string of the molecule is CCOC(=O)[C@@H](C#N)[C@H](c1ccccc1)c1c(C)[nH][nH]c1=O. The van der Waals surface area contributed by atoms with Crippen molar-refractivity contribution in [1.29, 1.82) is 5.26 Å². The van der Waals surface area contributed by atoms with Gasteiger partial charge in [0.1, 0.15) is 0 Å². The van der Waals surface area contributed by atoms with Gasteiger partial charge < -0.3 is 9.84 Å². The molecular weight excluding hydrogens is 282 g/mol. The lowest BCUT2D eigenvalue weighted by atomic mass is 9.81. The molecule has 2 rings (SSSR count). The van der Waals surface area contributed by atoms with E-state index in [0.717, 1.165) is 5.56 Å². The number of carbonyl (C=O) groups is 1. The minimum atomic E-state index is -1.09. The molecule has 0 bridgehead atoms. The molecule has 0 spiro atoms. The number of hydrogen-bond donors (Lipinski definition) is 2. The van der Waals surface area contributed by atoms with Crippen molar-refractivity contribution in [1.82, 2.24) is 10.2 Å². The number of rotatable bonds is 5. The van der Waals surface area contributed by atoms with Crippen LogP contribution in [0.15, 0.2) is 35.1 Å². The maximum absolute atomic E-state index is 12.1. The predicted molar refractivity (Wildman–Crippen MR) is 80.2 cm³/mol. The van der Waals surface area contributed by atoms with E-state index < -0.39 is 17.8 Å². The van der Waals surface area contributed by atoms with Gasteiger partial charge in [-0.2, -0.15) is 5.26 Å². The normalized spacial score (nSPS) is 13.1. The summed E-state index contributed by atoms with van der Waals surface area (Å²) in [5.41, 5.74) is 1.36. The molecule has 1 aromatic heterocycles. The number of aromatic nitrogens is 2. The second kappa shape index (κ2) is 6.76. The number of H-pyrrole nitrogens is 2. The van der Waals surface area contributed by atoms with Crippen molar-refractivity contribution in [2.45, 2.75) is 19.8 Å². The van der Waals surface area contributed by atoms with Crippen molar-refractivity contribution in [2.75, 3.05) is 6.61 Å². The van der Waals surface area contributed by atoms with Crippen LogP contribution in [0.3, 0.4) is 0 Å². The van der Waals surface area contributed by atoms with E-state index in [1.807, 2.05) is 12.1 Å². The molecule has 0 aliphatic carbocycles. The molecule has 0 aliphatic rings. The molecule has 114 valence electrons. The van der Waals surface area contributed by atoms with Crippen LogP contribution in [0.25, 0.3) is 0 Å². The Hall–Kier alpha value is -2.81. The topological polar surface area (TPSA) is 98.7 Å². The lowest BCUT2D eigenvalue weighted by Crippen LogP contribution is -2.27. The summed E-state index contributed by atoms with van der Waals surface area (Å²) in [7, 11) is 0. The van der Waals surface area contributed by atoms with Crippen LogP contribution in [0.4, 0.5) is 0 Å². The predicted octanol–water partition coefficient (Wildman–Crippen LogP) is 1.85. The van der Waals surface area contributed by atoms with Gasteiger partial charge in [-0.3, -0.25) is 14.7 Å². The molecule has 22 heavy (non-hydrogen) atoms. The maximum atomic E-state index is 12.1. The first kappa shape index (κ1) is 15.6. The molecule has 0 saturated carbocycles. The number of esters is 1. The first-order valence-electron chi connectivity index (χ1n) is 6.98. The van der Waals surface area contributed by atoms with E-state index in [1.165, 1.54) is 0 Å². The van der Waals surface area contributed by atoms with E-state index in [2.05, 4.69) is 10.2 Å². The summed E-state index contributed by atoms with van der Waals surface area (Å²) < 4.78 is 4.99. The number of aromatic amines is 2. The molecule has 0 amide bonds. The number of ether oxygens (including phenoxy) is 1. The van der Waals surface area contributed by atoms with Crippen LogP contribution in [-0.4, -0.2) is 22.8 Å². The molecule has 0 fully saturated rings. The van der Waals surface area contributed by atoms with Crippen molar-refractivity contribution in [2.24, 2.45) is 5.92 Å². The summed E-state index contributed by atoms with van der Waals surface area (Å²) in [6, 6.07) is 11.0. The lowest BCUT2D eigenvalue weighted by molar-refractivity contribution is -0.146. The quantitative estimate of drug-likeness (QED) is 0.823. The number of hydrogen-bond acceptors (Lipinski definition) is 4. The van der Waals surface area contributed by atoms with Crippen LogP contribution in [0, 0.1) is 24.2 Å². The second-order valence-electron chi connectivity index (χ2n) is 4.86. The zero-order valence-corrected chi connectivity index (χ0v) is 12.4. The molecule has 0 unspecified atom stereocenters. The van der Waals surface area contributed by atoms with Gasteiger partial charge in [-0.25, -0.2) is 0 Å². The Morgan fingerprint density at radius 3 is 2.50 bits per heavy atom. The minimum absolute atomic E-state index is 0.182. The third-order valence-corrected chi connectivity index (χ3v) is 3.49. The fraction of sp³-hybridized carbons (Fsp3) is 0.312. The first-order chi connectivity index (χ1) is 10.6. The van der Waals surface area contributed by atoms with Crippen molar-refractivity contribution < 1.29 is 9.53 Å². The second-order valence-corrected chi connectivity index (χ2v) is 4.86. The smallest absolute Gasteiger partial charge is 0.324 e. The van der Waals surface area contributed by atoms with Crippen LogP contribution in [0.2, 0.25) is 0 Å². The molecule has 2 atom stereocenters. The van der Waals surface area contributed by atoms with Gasteiger partial charge in [-0.05, 0) is 19.4 Å². The number of carbonyl (C=O) groups excluding carboxylic acids is 1. The van der Waals surface area contributed by atoms with Gasteiger partial charge >= 0.3 is 5.97 Å². The molecule has 0 radical (unpaired) electrons. The summed E-state index contributed by atoms with van der Waals surface area (Å²) >= 11 is 0.